The lowest BCUT2D eigenvalue weighted by atomic mass is 9.82. The van der Waals surface area contributed by atoms with Crippen LogP contribution in [0.3, 0.4) is 0 Å². The molecule has 0 aromatic heterocycles. The third-order valence-corrected chi connectivity index (χ3v) is 4.99. The smallest absolute Gasteiger partial charge is 0.207 e. The van der Waals surface area contributed by atoms with Gasteiger partial charge in [-0.05, 0) is 23.7 Å². The van der Waals surface area contributed by atoms with Crippen LogP contribution in [-0.2, 0) is 0 Å². The van der Waals surface area contributed by atoms with E-state index in [9.17, 15) is 8.78 Å². The molecule has 0 amide bonds. The first kappa shape index (κ1) is 19.9. The average molecular weight is 290 g/mol. The van der Waals surface area contributed by atoms with Gasteiger partial charge >= 0.3 is 0 Å². The van der Waals surface area contributed by atoms with E-state index >= 15 is 0 Å². The Morgan fingerprint density at radius 2 is 1.50 bits per heavy atom. The second kappa shape index (κ2) is 9.73. The monoisotopic (exact) mass is 290 g/mol. The van der Waals surface area contributed by atoms with Crippen LogP contribution < -0.4 is 0 Å². The minimum Gasteiger partial charge on any atom is -0.207 e. The van der Waals surface area contributed by atoms with Crippen LogP contribution in [0.1, 0.15) is 86.5 Å². The van der Waals surface area contributed by atoms with Gasteiger partial charge in [0.2, 0.25) is 5.92 Å². The van der Waals surface area contributed by atoms with Gasteiger partial charge in [0, 0.05) is 12.8 Å². The molecule has 0 aliphatic heterocycles. The Kier molecular flexibility index (Phi) is 9.67. The first-order valence-corrected chi connectivity index (χ1v) is 8.59. The lowest BCUT2D eigenvalue weighted by Gasteiger charge is -2.24. The van der Waals surface area contributed by atoms with Crippen molar-refractivity contribution in [1.82, 2.24) is 0 Å². The van der Waals surface area contributed by atoms with E-state index in [-0.39, 0.29) is 18.8 Å². The van der Waals surface area contributed by atoms with E-state index < -0.39 is 5.92 Å². The van der Waals surface area contributed by atoms with Crippen molar-refractivity contribution in [3.8, 4) is 0 Å². The zero-order chi connectivity index (χ0) is 15.8. The normalized spacial score (nSPS) is 25.1. The Balaban J connectivity index is 0.000000367. The summed E-state index contributed by atoms with van der Waals surface area (Å²) < 4.78 is 25.5. The highest BCUT2D eigenvalue weighted by Gasteiger charge is 2.29. The molecule has 0 saturated heterocycles. The molecule has 1 rings (SSSR count). The maximum atomic E-state index is 12.8. The van der Waals surface area contributed by atoms with Crippen LogP contribution in [0, 0.1) is 23.7 Å². The third-order valence-electron chi connectivity index (χ3n) is 4.99. The Bertz CT molecular complexity index is 228. The summed E-state index contributed by atoms with van der Waals surface area (Å²) >= 11 is 0. The van der Waals surface area contributed by atoms with Crippen LogP contribution in [0.4, 0.5) is 8.78 Å². The van der Waals surface area contributed by atoms with Gasteiger partial charge in [-0.1, -0.05) is 73.6 Å². The Labute approximate surface area is 125 Å². The minimum absolute atomic E-state index is 0.0289. The van der Waals surface area contributed by atoms with Crippen molar-refractivity contribution >= 4 is 0 Å². The summed E-state index contributed by atoms with van der Waals surface area (Å²) in [5.41, 5.74) is 0. The van der Waals surface area contributed by atoms with Gasteiger partial charge in [0.1, 0.15) is 0 Å². The topological polar surface area (TPSA) is 0 Å². The van der Waals surface area contributed by atoms with Crippen molar-refractivity contribution in [3.05, 3.63) is 0 Å². The predicted octanol–water partition coefficient (Wildman–Crippen LogP) is 6.94. The fourth-order valence-electron chi connectivity index (χ4n) is 2.59. The highest BCUT2D eigenvalue weighted by Crippen LogP contribution is 2.30. The van der Waals surface area contributed by atoms with E-state index in [1.807, 2.05) is 20.8 Å². The quantitative estimate of drug-likeness (QED) is 0.514. The average Bonchev–Trinajstić information content (AvgIpc) is 2.40. The molecule has 20 heavy (non-hydrogen) atoms. The van der Waals surface area contributed by atoms with Crippen molar-refractivity contribution in [2.75, 3.05) is 0 Å². The molecule has 1 atom stereocenters. The summed E-state index contributed by atoms with van der Waals surface area (Å²) in [6.07, 6.45) is 7.37. The fourth-order valence-corrected chi connectivity index (χ4v) is 2.59. The molecule has 0 radical (unpaired) electrons. The largest absolute Gasteiger partial charge is 0.248 e. The van der Waals surface area contributed by atoms with E-state index in [0.29, 0.717) is 5.92 Å². The summed E-state index contributed by atoms with van der Waals surface area (Å²) in [5.74, 6) is 0.107. The summed E-state index contributed by atoms with van der Waals surface area (Å²) in [6.45, 7) is 12.1. The summed E-state index contributed by atoms with van der Waals surface area (Å²) in [4.78, 5) is 0. The van der Waals surface area contributed by atoms with Crippen molar-refractivity contribution in [2.24, 2.45) is 23.7 Å². The van der Waals surface area contributed by atoms with Crippen molar-refractivity contribution in [1.29, 1.82) is 0 Å². The maximum absolute atomic E-state index is 12.8. The Morgan fingerprint density at radius 1 is 1.00 bits per heavy atom. The Hall–Kier alpha value is -0.140. The van der Waals surface area contributed by atoms with Crippen LogP contribution in [0.5, 0.6) is 0 Å². The number of hydrogen-bond acceptors (Lipinski definition) is 0. The third kappa shape index (κ3) is 8.92. The van der Waals surface area contributed by atoms with Gasteiger partial charge < -0.3 is 0 Å². The zero-order valence-electron chi connectivity index (χ0n) is 14.5. The van der Waals surface area contributed by atoms with Crippen LogP contribution in [-0.4, -0.2) is 5.92 Å². The zero-order valence-corrected chi connectivity index (χ0v) is 14.5. The van der Waals surface area contributed by atoms with Crippen molar-refractivity contribution in [3.63, 3.8) is 0 Å². The van der Waals surface area contributed by atoms with E-state index in [4.69, 9.17) is 0 Å². The van der Waals surface area contributed by atoms with Crippen molar-refractivity contribution in [2.45, 2.75) is 92.4 Å². The molecule has 122 valence electrons. The van der Waals surface area contributed by atoms with Gasteiger partial charge in [0.05, 0.1) is 0 Å². The molecule has 0 N–H and O–H groups in total. The molecule has 1 aliphatic rings. The number of rotatable bonds is 5. The van der Waals surface area contributed by atoms with Crippen LogP contribution in [0.15, 0.2) is 0 Å². The molecular weight excluding hydrogens is 254 g/mol. The van der Waals surface area contributed by atoms with Crippen molar-refractivity contribution < 1.29 is 8.78 Å². The van der Waals surface area contributed by atoms with E-state index in [0.717, 1.165) is 11.8 Å². The van der Waals surface area contributed by atoms with E-state index in [2.05, 4.69) is 13.8 Å². The number of hydrogen-bond donors (Lipinski definition) is 0. The molecule has 1 fully saturated rings. The maximum Gasteiger partial charge on any atom is 0.248 e. The standard InChI is InChI=1S/C9H18F2.C9H18/c1-5-9(10,11)6-8(4)7(2)3;1-3-9-6-4-8(2)5-7-9/h7-8H,5-6H2,1-4H3;8-9H,3-7H2,1-2H3. The molecule has 1 aliphatic carbocycles. The first-order chi connectivity index (χ1) is 9.21. The summed E-state index contributed by atoms with van der Waals surface area (Å²) in [7, 11) is 0. The Morgan fingerprint density at radius 3 is 1.85 bits per heavy atom. The molecule has 0 aromatic carbocycles. The SMILES string of the molecule is CCC(F)(F)CC(C)C(C)C.CCC1CCC(C)CC1. The molecule has 0 spiro atoms. The van der Waals surface area contributed by atoms with Crippen LogP contribution >= 0.6 is 0 Å². The van der Waals surface area contributed by atoms with E-state index in [1.54, 1.807) is 0 Å². The lowest BCUT2D eigenvalue weighted by Crippen LogP contribution is -2.20. The molecule has 0 heterocycles. The highest BCUT2D eigenvalue weighted by atomic mass is 19.3. The van der Waals surface area contributed by atoms with Gasteiger partial charge in [0.15, 0.2) is 0 Å². The fraction of sp³-hybridized carbons (Fsp3) is 1.00. The molecule has 0 bridgehead atoms. The molecule has 1 saturated carbocycles. The second-order valence-corrected chi connectivity index (χ2v) is 7.17. The lowest BCUT2D eigenvalue weighted by molar-refractivity contribution is -0.0296. The summed E-state index contributed by atoms with van der Waals surface area (Å²) in [6, 6.07) is 0. The van der Waals surface area contributed by atoms with Crippen LogP contribution in [0.25, 0.3) is 0 Å². The minimum atomic E-state index is -2.45. The van der Waals surface area contributed by atoms with Gasteiger partial charge in [-0.3, -0.25) is 0 Å². The highest BCUT2D eigenvalue weighted by molar-refractivity contribution is 4.69. The number of alkyl halides is 2. The van der Waals surface area contributed by atoms with Gasteiger partial charge in [0.25, 0.3) is 0 Å². The molecular formula is C18H36F2. The van der Waals surface area contributed by atoms with Crippen LogP contribution in [0.2, 0.25) is 0 Å². The molecule has 0 nitrogen and oxygen atoms in total. The van der Waals surface area contributed by atoms with Gasteiger partial charge in [-0.25, -0.2) is 8.78 Å². The molecule has 0 aromatic rings. The van der Waals surface area contributed by atoms with Gasteiger partial charge in [-0.2, -0.15) is 0 Å². The molecule has 1 unspecified atom stereocenters. The number of halogens is 2. The predicted molar refractivity (Wildman–Crippen MR) is 85.3 cm³/mol. The summed E-state index contributed by atoms with van der Waals surface area (Å²) in [5, 5.41) is 0. The first-order valence-electron chi connectivity index (χ1n) is 8.59. The van der Waals surface area contributed by atoms with Gasteiger partial charge in [-0.15, -0.1) is 0 Å². The molecule has 2 heteroatoms. The second-order valence-electron chi connectivity index (χ2n) is 7.17. The van der Waals surface area contributed by atoms with E-state index in [1.165, 1.54) is 39.0 Å².